The van der Waals surface area contributed by atoms with E-state index in [1.165, 1.54) is 0 Å². The predicted octanol–water partition coefficient (Wildman–Crippen LogP) is 1.68. The van der Waals surface area contributed by atoms with E-state index in [4.69, 9.17) is 4.74 Å². The molecule has 3 rings (SSSR count). The van der Waals surface area contributed by atoms with Gasteiger partial charge in [-0.05, 0) is 26.0 Å². The van der Waals surface area contributed by atoms with E-state index in [2.05, 4.69) is 20.4 Å². The van der Waals surface area contributed by atoms with E-state index in [1.807, 2.05) is 44.2 Å². The fraction of sp³-hybridized carbons (Fsp3) is 0.250. The monoisotopic (exact) mass is 311 g/mol. The van der Waals surface area contributed by atoms with Crippen molar-refractivity contribution in [3.05, 3.63) is 53.1 Å². The summed E-state index contributed by atoms with van der Waals surface area (Å²) in [5.74, 6) is 0.897. The summed E-state index contributed by atoms with van der Waals surface area (Å²) in [7, 11) is 1.60. The molecule has 0 aliphatic heterocycles. The number of nitrogens with zero attached hydrogens (tertiary/aromatic N) is 4. The molecule has 2 aromatic heterocycles. The molecule has 0 saturated heterocycles. The molecule has 0 unspecified atom stereocenters. The number of carbonyl (C=O) groups is 1. The van der Waals surface area contributed by atoms with E-state index in [0.29, 0.717) is 12.3 Å². The Balaban J connectivity index is 1.80. The van der Waals surface area contributed by atoms with Gasteiger partial charge in [-0.3, -0.25) is 4.79 Å². The van der Waals surface area contributed by atoms with Gasteiger partial charge >= 0.3 is 0 Å². The van der Waals surface area contributed by atoms with E-state index >= 15 is 0 Å². The van der Waals surface area contributed by atoms with Crippen LogP contribution in [0.1, 0.15) is 27.6 Å². The van der Waals surface area contributed by atoms with Crippen LogP contribution in [0.5, 0.6) is 5.75 Å². The van der Waals surface area contributed by atoms with Gasteiger partial charge in [0.2, 0.25) is 5.82 Å². The van der Waals surface area contributed by atoms with Gasteiger partial charge in [-0.1, -0.05) is 18.2 Å². The SMILES string of the molecule is COc1ccccc1CNC(=O)c1nc2nc(C)cc(C)n2n1. The number of carbonyl (C=O) groups excluding carboxylic acids is 1. The second-order valence-corrected chi connectivity index (χ2v) is 5.18. The van der Waals surface area contributed by atoms with E-state index in [0.717, 1.165) is 22.7 Å². The van der Waals surface area contributed by atoms with Gasteiger partial charge in [0.25, 0.3) is 11.7 Å². The van der Waals surface area contributed by atoms with Crippen LogP contribution in [0.4, 0.5) is 0 Å². The zero-order valence-electron chi connectivity index (χ0n) is 13.2. The van der Waals surface area contributed by atoms with Crippen molar-refractivity contribution in [2.45, 2.75) is 20.4 Å². The van der Waals surface area contributed by atoms with Crippen molar-refractivity contribution in [1.82, 2.24) is 24.9 Å². The summed E-state index contributed by atoms with van der Waals surface area (Å²) in [6.45, 7) is 4.11. The van der Waals surface area contributed by atoms with Crippen molar-refractivity contribution in [3.8, 4) is 5.75 Å². The fourth-order valence-corrected chi connectivity index (χ4v) is 2.37. The second-order valence-electron chi connectivity index (χ2n) is 5.18. The number of nitrogens with one attached hydrogen (secondary N) is 1. The number of aromatic nitrogens is 4. The summed E-state index contributed by atoms with van der Waals surface area (Å²) >= 11 is 0. The highest BCUT2D eigenvalue weighted by Gasteiger charge is 2.15. The molecule has 0 bridgehead atoms. The van der Waals surface area contributed by atoms with Crippen molar-refractivity contribution in [2.75, 3.05) is 7.11 Å². The standard InChI is InChI=1S/C16H17N5O2/c1-10-8-11(2)21-16(18-10)19-14(20-21)15(22)17-9-12-6-4-5-7-13(12)23-3/h4-8H,9H2,1-3H3,(H,17,22). The molecule has 3 aromatic rings. The van der Waals surface area contributed by atoms with Gasteiger partial charge < -0.3 is 10.1 Å². The zero-order valence-corrected chi connectivity index (χ0v) is 13.2. The lowest BCUT2D eigenvalue weighted by Gasteiger charge is -2.08. The lowest BCUT2D eigenvalue weighted by Crippen LogP contribution is -2.24. The average molecular weight is 311 g/mol. The maximum Gasteiger partial charge on any atom is 0.291 e. The van der Waals surface area contributed by atoms with Crippen LogP contribution in [0.15, 0.2) is 30.3 Å². The quantitative estimate of drug-likeness (QED) is 0.793. The Hall–Kier alpha value is -2.96. The van der Waals surface area contributed by atoms with Gasteiger partial charge in [-0.15, -0.1) is 5.10 Å². The maximum absolute atomic E-state index is 12.3. The van der Waals surface area contributed by atoms with Crippen molar-refractivity contribution in [3.63, 3.8) is 0 Å². The number of hydrogen-bond donors (Lipinski definition) is 1. The molecule has 1 aromatic carbocycles. The summed E-state index contributed by atoms with van der Waals surface area (Å²) in [4.78, 5) is 20.7. The number of benzene rings is 1. The van der Waals surface area contributed by atoms with Gasteiger partial charge in [0.1, 0.15) is 5.75 Å². The second kappa shape index (κ2) is 6.04. The molecule has 1 amide bonds. The Morgan fingerprint density at radius 2 is 2.04 bits per heavy atom. The lowest BCUT2D eigenvalue weighted by atomic mass is 10.2. The number of fused-ring (bicyclic) bond motifs is 1. The minimum absolute atomic E-state index is 0.0982. The van der Waals surface area contributed by atoms with Crippen LogP contribution in [0.2, 0.25) is 0 Å². The summed E-state index contributed by atoms with van der Waals surface area (Å²) in [5.41, 5.74) is 2.60. The predicted molar refractivity (Wildman–Crippen MR) is 84.4 cm³/mol. The Morgan fingerprint density at radius 3 is 2.83 bits per heavy atom. The zero-order chi connectivity index (χ0) is 16.4. The topological polar surface area (TPSA) is 81.4 Å². The molecule has 7 nitrogen and oxygen atoms in total. The highest BCUT2D eigenvalue weighted by Crippen LogP contribution is 2.16. The highest BCUT2D eigenvalue weighted by atomic mass is 16.5. The number of hydrogen-bond acceptors (Lipinski definition) is 5. The molecule has 7 heteroatoms. The van der Waals surface area contributed by atoms with E-state index in [-0.39, 0.29) is 11.7 Å². The van der Waals surface area contributed by atoms with E-state index in [1.54, 1.807) is 11.6 Å². The molecule has 0 radical (unpaired) electrons. The first-order chi connectivity index (χ1) is 11.1. The maximum atomic E-state index is 12.3. The Morgan fingerprint density at radius 1 is 1.26 bits per heavy atom. The number of methoxy groups -OCH3 is 1. The Labute approximate surface area is 133 Å². The molecular formula is C16H17N5O2. The van der Waals surface area contributed by atoms with Crippen LogP contribution >= 0.6 is 0 Å². The molecule has 0 aliphatic rings. The van der Waals surface area contributed by atoms with E-state index < -0.39 is 0 Å². The number of amides is 1. The highest BCUT2D eigenvalue weighted by molar-refractivity contribution is 5.90. The molecule has 0 fully saturated rings. The van der Waals surface area contributed by atoms with Crippen molar-refractivity contribution in [1.29, 1.82) is 0 Å². The Bertz CT molecular complexity index is 872. The van der Waals surface area contributed by atoms with Gasteiger partial charge in [-0.25, -0.2) is 9.50 Å². The summed E-state index contributed by atoms with van der Waals surface area (Å²) in [6, 6.07) is 9.40. The summed E-state index contributed by atoms with van der Waals surface area (Å²) < 4.78 is 6.82. The van der Waals surface area contributed by atoms with Crippen molar-refractivity contribution < 1.29 is 9.53 Å². The van der Waals surface area contributed by atoms with Crippen LogP contribution in [-0.2, 0) is 6.54 Å². The van der Waals surface area contributed by atoms with Crippen LogP contribution < -0.4 is 10.1 Å². The molecule has 1 N–H and O–H groups in total. The number of rotatable bonds is 4. The molecule has 0 spiro atoms. The third-order valence-electron chi connectivity index (χ3n) is 3.45. The lowest BCUT2D eigenvalue weighted by molar-refractivity contribution is 0.0940. The van der Waals surface area contributed by atoms with Gasteiger partial charge in [0, 0.05) is 23.5 Å². The minimum atomic E-state index is -0.349. The normalized spacial score (nSPS) is 10.7. The number of aryl methyl sites for hydroxylation is 2. The smallest absolute Gasteiger partial charge is 0.291 e. The fourth-order valence-electron chi connectivity index (χ4n) is 2.37. The van der Waals surface area contributed by atoms with Crippen LogP contribution in [0.3, 0.4) is 0 Å². The van der Waals surface area contributed by atoms with Gasteiger partial charge in [0.15, 0.2) is 0 Å². The third-order valence-corrected chi connectivity index (χ3v) is 3.45. The molecule has 0 aliphatic carbocycles. The number of ether oxygens (including phenoxy) is 1. The third kappa shape index (κ3) is 2.98. The first kappa shape index (κ1) is 15.0. The van der Waals surface area contributed by atoms with Crippen LogP contribution in [0.25, 0.3) is 5.78 Å². The molecular weight excluding hydrogens is 294 g/mol. The number of para-hydroxylation sites is 1. The largest absolute Gasteiger partial charge is 0.496 e. The van der Waals surface area contributed by atoms with Crippen LogP contribution in [0, 0.1) is 13.8 Å². The molecule has 23 heavy (non-hydrogen) atoms. The average Bonchev–Trinajstić information content (AvgIpc) is 2.97. The van der Waals surface area contributed by atoms with Crippen molar-refractivity contribution in [2.24, 2.45) is 0 Å². The summed E-state index contributed by atoms with van der Waals surface area (Å²) in [6.07, 6.45) is 0. The van der Waals surface area contributed by atoms with Gasteiger partial charge in [-0.2, -0.15) is 4.98 Å². The van der Waals surface area contributed by atoms with Crippen LogP contribution in [-0.4, -0.2) is 32.6 Å². The minimum Gasteiger partial charge on any atom is -0.496 e. The molecule has 0 saturated carbocycles. The first-order valence-corrected chi connectivity index (χ1v) is 7.19. The summed E-state index contributed by atoms with van der Waals surface area (Å²) in [5, 5.41) is 7.01. The molecule has 2 heterocycles. The van der Waals surface area contributed by atoms with Crippen molar-refractivity contribution >= 4 is 11.7 Å². The molecule has 118 valence electrons. The first-order valence-electron chi connectivity index (χ1n) is 7.19. The van der Waals surface area contributed by atoms with E-state index in [9.17, 15) is 4.79 Å². The van der Waals surface area contributed by atoms with Gasteiger partial charge in [0.05, 0.1) is 7.11 Å². The molecule has 0 atom stereocenters. The Kier molecular flexibility index (Phi) is 3.92.